The number of carbonyl (C=O) groups excluding carboxylic acids is 3. The van der Waals surface area contributed by atoms with Crippen molar-refractivity contribution in [2.75, 3.05) is 13.2 Å². The van der Waals surface area contributed by atoms with Gasteiger partial charge in [0.2, 0.25) is 0 Å². The second-order valence-corrected chi connectivity index (χ2v) is 18.5. The molecular weight excluding hydrogens is 769 g/mol. The third kappa shape index (κ3) is 48.9. The standard InChI is InChI=1S/C56H104O6/c1-4-7-10-13-16-19-22-25-27-28-29-32-34-37-40-43-46-49-55(58)61-52-53(51-60-54(57)48-45-42-39-36-33-30-24-21-18-15-12-9-6-3)62-56(59)50-47-44-41-38-35-31-26-23-20-17-14-11-8-5-2/h14,17,23,26,53H,4-13,15-16,18-22,24-25,27-52H2,1-3H3/b17-14-,26-23-/t53-/m1/s1. The summed E-state index contributed by atoms with van der Waals surface area (Å²) in [6, 6.07) is 0. The Balaban J connectivity index is 4.33. The zero-order valence-electron chi connectivity index (χ0n) is 41.7. The molecule has 0 aromatic rings. The quantitative estimate of drug-likeness (QED) is 0.0262. The van der Waals surface area contributed by atoms with Gasteiger partial charge < -0.3 is 14.2 Å². The Morgan fingerprint density at radius 3 is 0.935 bits per heavy atom. The van der Waals surface area contributed by atoms with Crippen LogP contribution in [0.5, 0.6) is 0 Å². The van der Waals surface area contributed by atoms with E-state index in [0.717, 1.165) is 83.5 Å². The summed E-state index contributed by atoms with van der Waals surface area (Å²) in [6.45, 7) is 6.63. The summed E-state index contributed by atoms with van der Waals surface area (Å²) in [5.74, 6) is -0.868. The van der Waals surface area contributed by atoms with Gasteiger partial charge in [0, 0.05) is 19.3 Å². The predicted molar refractivity (Wildman–Crippen MR) is 266 cm³/mol. The third-order valence-electron chi connectivity index (χ3n) is 12.2. The Bertz CT molecular complexity index is 1000. The van der Waals surface area contributed by atoms with Crippen LogP contribution < -0.4 is 0 Å². The second-order valence-electron chi connectivity index (χ2n) is 18.5. The minimum Gasteiger partial charge on any atom is -0.462 e. The number of hydrogen-bond donors (Lipinski definition) is 0. The minimum atomic E-state index is -0.772. The summed E-state index contributed by atoms with van der Waals surface area (Å²) in [6.07, 6.45) is 58.7. The molecule has 62 heavy (non-hydrogen) atoms. The van der Waals surface area contributed by atoms with Gasteiger partial charge in [-0.15, -0.1) is 0 Å². The van der Waals surface area contributed by atoms with Crippen molar-refractivity contribution < 1.29 is 28.6 Å². The highest BCUT2D eigenvalue weighted by Gasteiger charge is 2.19. The maximum Gasteiger partial charge on any atom is 0.306 e. The van der Waals surface area contributed by atoms with Crippen LogP contribution in [0.2, 0.25) is 0 Å². The number of carbonyl (C=O) groups is 3. The molecule has 0 N–H and O–H groups in total. The van der Waals surface area contributed by atoms with Crippen molar-refractivity contribution in [3.05, 3.63) is 24.3 Å². The van der Waals surface area contributed by atoms with Crippen LogP contribution in [0.1, 0.15) is 297 Å². The lowest BCUT2D eigenvalue weighted by atomic mass is 10.0. The molecule has 1 atom stereocenters. The first-order valence-corrected chi connectivity index (χ1v) is 27.3. The van der Waals surface area contributed by atoms with E-state index in [1.165, 1.54) is 173 Å². The molecule has 0 bridgehead atoms. The van der Waals surface area contributed by atoms with E-state index in [-0.39, 0.29) is 31.1 Å². The van der Waals surface area contributed by atoms with E-state index in [4.69, 9.17) is 14.2 Å². The van der Waals surface area contributed by atoms with Gasteiger partial charge >= 0.3 is 17.9 Å². The summed E-state index contributed by atoms with van der Waals surface area (Å²) in [7, 11) is 0. The largest absolute Gasteiger partial charge is 0.462 e. The predicted octanol–water partition coefficient (Wildman–Crippen LogP) is 17.9. The lowest BCUT2D eigenvalue weighted by Gasteiger charge is -2.18. The van der Waals surface area contributed by atoms with E-state index in [1.807, 2.05) is 0 Å². The van der Waals surface area contributed by atoms with E-state index in [2.05, 4.69) is 45.1 Å². The summed E-state index contributed by atoms with van der Waals surface area (Å²) >= 11 is 0. The fourth-order valence-corrected chi connectivity index (χ4v) is 8.05. The Hall–Kier alpha value is -2.11. The van der Waals surface area contributed by atoms with Gasteiger partial charge in [0.05, 0.1) is 0 Å². The molecule has 0 saturated heterocycles. The van der Waals surface area contributed by atoms with Gasteiger partial charge in [-0.25, -0.2) is 0 Å². The van der Waals surface area contributed by atoms with Gasteiger partial charge in [-0.2, -0.15) is 0 Å². The number of allylic oxidation sites excluding steroid dienone is 4. The third-order valence-corrected chi connectivity index (χ3v) is 12.2. The first-order chi connectivity index (χ1) is 30.5. The summed E-state index contributed by atoms with van der Waals surface area (Å²) in [5, 5.41) is 0. The molecule has 0 amide bonds. The molecule has 0 radical (unpaired) electrons. The lowest BCUT2D eigenvalue weighted by Crippen LogP contribution is -2.30. The van der Waals surface area contributed by atoms with Gasteiger partial charge in [0.25, 0.3) is 0 Å². The summed E-state index contributed by atoms with van der Waals surface area (Å²) in [5.41, 5.74) is 0. The van der Waals surface area contributed by atoms with Crippen LogP contribution in [0.25, 0.3) is 0 Å². The van der Waals surface area contributed by atoms with Gasteiger partial charge in [0.1, 0.15) is 13.2 Å². The molecule has 0 aliphatic heterocycles. The zero-order valence-corrected chi connectivity index (χ0v) is 41.7. The minimum absolute atomic E-state index is 0.0718. The van der Waals surface area contributed by atoms with Gasteiger partial charge in [-0.1, -0.05) is 257 Å². The maximum absolute atomic E-state index is 12.8. The molecule has 6 nitrogen and oxygen atoms in total. The van der Waals surface area contributed by atoms with Crippen LogP contribution in [-0.4, -0.2) is 37.2 Å². The van der Waals surface area contributed by atoms with Crippen molar-refractivity contribution in [1.82, 2.24) is 0 Å². The van der Waals surface area contributed by atoms with E-state index >= 15 is 0 Å². The van der Waals surface area contributed by atoms with Crippen LogP contribution in [0.3, 0.4) is 0 Å². The number of hydrogen-bond acceptors (Lipinski definition) is 6. The van der Waals surface area contributed by atoms with Crippen molar-refractivity contribution in [2.45, 2.75) is 303 Å². The van der Waals surface area contributed by atoms with Crippen LogP contribution in [-0.2, 0) is 28.6 Å². The smallest absolute Gasteiger partial charge is 0.306 e. The number of unbranched alkanes of at least 4 members (excludes halogenated alkanes) is 35. The fraction of sp³-hybridized carbons (Fsp3) is 0.875. The highest BCUT2D eigenvalue weighted by Crippen LogP contribution is 2.16. The van der Waals surface area contributed by atoms with Crippen molar-refractivity contribution in [1.29, 1.82) is 0 Å². The number of rotatable bonds is 50. The Morgan fingerprint density at radius 1 is 0.323 bits per heavy atom. The highest BCUT2D eigenvalue weighted by molar-refractivity contribution is 5.71. The maximum atomic E-state index is 12.8. The van der Waals surface area contributed by atoms with Crippen molar-refractivity contribution >= 4 is 17.9 Å². The van der Waals surface area contributed by atoms with Crippen molar-refractivity contribution in [3.63, 3.8) is 0 Å². The van der Waals surface area contributed by atoms with Gasteiger partial charge in [-0.3, -0.25) is 14.4 Å². The summed E-state index contributed by atoms with van der Waals surface area (Å²) in [4.78, 5) is 38.0. The van der Waals surface area contributed by atoms with Crippen molar-refractivity contribution in [2.24, 2.45) is 0 Å². The molecule has 0 fully saturated rings. The van der Waals surface area contributed by atoms with Crippen LogP contribution >= 0.6 is 0 Å². The molecule has 0 aromatic heterocycles. The molecule has 0 unspecified atom stereocenters. The van der Waals surface area contributed by atoms with E-state index in [0.29, 0.717) is 19.3 Å². The van der Waals surface area contributed by atoms with Crippen LogP contribution in [0.4, 0.5) is 0 Å². The molecule has 0 heterocycles. The van der Waals surface area contributed by atoms with Crippen LogP contribution in [0.15, 0.2) is 24.3 Å². The second kappa shape index (κ2) is 51.5. The molecule has 0 aliphatic rings. The first-order valence-electron chi connectivity index (χ1n) is 27.3. The van der Waals surface area contributed by atoms with E-state index < -0.39 is 6.10 Å². The number of esters is 3. The van der Waals surface area contributed by atoms with Crippen molar-refractivity contribution in [3.8, 4) is 0 Å². The normalized spacial score (nSPS) is 12.1. The topological polar surface area (TPSA) is 78.9 Å². The Labute approximate surface area is 385 Å². The highest BCUT2D eigenvalue weighted by atomic mass is 16.6. The van der Waals surface area contributed by atoms with Crippen LogP contribution in [0, 0.1) is 0 Å². The fourth-order valence-electron chi connectivity index (χ4n) is 8.05. The molecule has 6 heteroatoms. The molecule has 0 rings (SSSR count). The molecule has 0 aliphatic carbocycles. The Kier molecular flexibility index (Phi) is 49.8. The SMILES string of the molecule is CCCC/C=C\C/C=C\CCCCCCCC(=O)O[C@H](COC(=O)CCCCCCCCCCCCCCC)COC(=O)CCCCCCCCCCCCCCCCCCC. The zero-order chi connectivity index (χ0) is 45.1. The lowest BCUT2D eigenvalue weighted by molar-refractivity contribution is -0.167. The molecule has 0 saturated carbocycles. The van der Waals surface area contributed by atoms with Gasteiger partial charge in [0.15, 0.2) is 6.10 Å². The monoisotopic (exact) mass is 873 g/mol. The van der Waals surface area contributed by atoms with E-state index in [1.54, 1.807) is 0 Å². The average molecular weight is 873 g/mol. The number of ether oxygens (including phenoxy) is 3. The molecule has 0 spiro atoms. The van der Waals surface area contributed by atoms with E-state index in [9.17, 15) is 14.4 Å². The molecule has 364 valence electrons. The Morgan fingerprint density at radius 2 is 0.597 bits per heavy atom. The summed E-state index contributed by atoms with van der Waals surface area (Å²) < 4.78 is 16.8. The first kappa shape index (κ1) is 59.9. The molecule has 0 aromatic carbocycles. The average Bonchev–Trinajstić information content (AvgIpc) is 3.27. The molecular formula is C56H104O6. The van der Waals surface area contributed by atoms with Gasteiger partial charge in [-0.05, 0) is 44.9 Å².